The van der Waals surface area contributed by atoms with Gasteiger partial charge in [-0.15, -0.1) is 0 Å². The molecule has 1 amide bonds. The number of nitro benzene ring substituents is 1. The molecule has 114 valence electrons. The van der Waals surface area contributed by atoms with Gasteiger partial charge in [0.1, 0.15) is 5.82 Å². The first-order chi connectivity index (χ1) is 10.3. The molecule has 0 saturated heterocycles. The number of nitro groups is 1. The first kappa shape index (κ1) is 15.8. The van der Waals surface area contributed by atoms with E-state index in [0.717, 1.165) is 18.2 Å². The van der Waals surface area contributed by atoms with E-state index in [1.165, 1.54) is 0 Å². The van der Waals surface area contributed by atoms with Gasteiger partial charge in [-0.3, -0.25) is 14.9 Å². The molecule has 0 radical (unpaired) electrons. The molecule has 0 aliphatic rings. The molecule has 0 heterocycles. The van der Waals surface area contributed by atoms with Gasteiger partial charge in [-0.1, -0.05) is 11.6 Å². The average Bonchev–Trinajstić information content (AvgIpc) is 2.44. The van der Waals surface area contributed by atoms with Gasteiger partial charge >= 0.3 is 0 Å². The molecule has 22 heavy (non-hydrogen) atoms. The zero-order valence-corrected chi connectivity index (χ0v) is 11.3. The number of non-ortho nitro benzene ring substituents is 1. The molecule has 2 aromatic rings. The maximum absolute atomic E-state index is 13.5. The van der Waals surface area contributed by atoms with Crippen LogP contribution in [0.5, 0.6) is 0 Å². The van der Waals surface area contributed by atoms with Crippen molar-refractivity contribution in [1.82, 2.24) is 0 Å². The Morgan fingerprint density at radius 1 is 1.09 bits per heavy atom. The highest BCUT2D eigenvalue weighted by Gasteiger charge is 2.18. The van der Waals surface area contributed by atoms with E-state index < -0.39 is 45.2 Å². The van der Waals surface area contributed by atoms with Crippen molar-refractivity contribution in [3.8, 4) is 0 Å². The molecule has 0 fully saturated rings. The fourth-order valence-electron chi connectivity index (χ4n) is 1.61. The molecule has 0 atom stereocenters. The summed E-state index contributed by atoms with van der Waals surface area (Å²) < 4.78 is 39.6. The number of benzene rings is 2. The van der Waals surface area contributed by atoms with Crippen molar-refractivity contribution in [3.63, 3.8) is 0 Å². The lowest BCUT2D eigenvalue weighted by molar-refractivity contribution is -0.384. The van der Waals surface area contributed by atoms with Crippen molar-refractivity contribution in [2.45, 2.75) is 0 Å². The number of carbonyl (C=O) groups excluding carboxylic acids is 1. The second-order valence-electron chi connectivity index (χ2n) is 4.12. The topological polar surface area (TPSA) is 72.2 Å². The van der Waals surface area contributed by atoms with Crippen LogP contribution in [-0.2, 0) is 0 Å². The number of amides is 1. The summed E-state index contributed by atoms with van der Waals surface area (Å²) in [4.78, 5) is 21.7. The van der Waals surface area contributed by atoms with Crippen LogP contribution < -0.4 is 5.32 Å². The quantitative estimate of drug-likeness (QED) is 0.526. The molecule has 9 heteroatoms. The molecule has 2 aromatic carbocycles. The summed E-state index contributed by atoms with van der Waals surface area (Å²) in [5.41, 5.74) is -1.38. The highest BCUT2D eigenvalue weighted by molar-refractivity contribution is 6.34. The van der Waals surface area contributed by atoms with E-state index in [-0.39, 0.29) is 5.02 Å². The summed E-state index contributed by atoms with van der Waals surface area (Å²) in [6.45, 7) is 0. The Hall–Kier alpha value is -2.61. The molecular weight excluding hydrogens is 325 g/mol. The van der Waals surface area contributed by atoms with Crippen molar-refractivity contribution in [2.75, 3.05) is 5.32 Å². The monoisotopic (exact) mass is 330 g/mol. The number of nitrogens with one attached hydrogen (secondary N) is 1. The summed E-state index contributed by atoms with van der Waals surface area (Å²) in [5.74, 6) is -4.53. The molecule has 0 spiro atoms. The Bertz CT molecular complexity index is 783. The molecule has 0 bridgehead atoms. The maximum atomic E-state index is 13.5. The first-order valence-corrected chi connectivity index (χ1v) is 6.07. The van der Waals surface area contributed by atoms with Crippen LogP contribution in [0.15, 0.2) is 30.3 Å². The average molecular weight is 331 g/mol. The summed E-state index contributed by atoms with van der Waals surface area (Å²) in [6, 6.07) is 3.63. The summed E-state index contributed by atoms with van der Waals surface area (Å²) in [5, 5.41) is 12.2. The third kappa shape index (κ3) is 3.17. The third-order valence-electron chi connectivity index (χ3n) is 2.66. The predicted octanol–water partition coefficient (Wildman–Crippen LogP) is 3.92. The van der Waals surface area contributed by atoms with E-state index in [1.807, 2.05) is 5.32 Å². The lowest BCUT2D eigenvalue weighted by Gasteiger charge is -2.08. The number of carbonyl (C=O) groups is 1. The zero-order chi connectivity index (χ0) is 16.4. The van der Waals surface area contributed by atoms with Gasteiger partial charge in [0.25, 0.3) is 11.6 Å². The number of rotatable bonds is 3. The van der Waals surface area contributed by atoms with Crippen LogP contribution in [0.3, 0.4) is 0 Å². The minimum Gasteiger partial charge on any atom is -0.319 e. The Morgan fingerprint density at radius 3 is 2.36 bits per heavy atom. The minimum absolute atomic E-state index is 0.387. The molecule has 1 N–H and O–H groups in total. The maximum Gasteiger partial charge on any atom is 0.271 e. The van der Waals surface area contributed by atoms with Crippen molar-refractivity contribution in [3.05, 3.63) is 68.5 Å². The number of nitrogens with zero attached hydrogens (tertiary/aromatic N) is 1. The van der Waals surface area contributed by atoms with Gasteiger partial charge in [0.15, 0.2) is 11.6 Å². The van der Waals surface area contributed by atoms with Gasteiger partial charge in [-0.2, -0.15) is 0 Å². The van der Waals surface area contributed by atoms with E-state index in [9.17, 15) is 28.1 Å². The number of anilines is 1. The van der Waals surface area contributed by atoms with Gasteiger partial charge < -0.3 is 5.32 Å². The molecule has 0 aliphatic carbocycles. The third-order valence-corrected chi connectivity index (χ3v) is 2.98. The largest absolute Gasteiger partial charge is 0.319 e. The minimum atomic E-state index is -1.31. The van der Waals surface area contributed by atoms with E-state index in [0.29, 0.717) is 12.1 Å². The van der Waals surface area contributed by atoms with Crippen molar-refractivity contribution < 1.29 is 22.9 Å². The number of hydrogen-bond acceptors (Lipinski definition) is 3. The number of hydrogen-bond donors (Lipinski definition) is 1. The van der Waals surface area contributed by atoms with Crippen LogP contribution in [-0.4, -0.2) is 10.8 Å². The Kier molecular flexibility index (Phi) is 4.32. The molecule has 0 aliphatic heterocycles. The first-order valence-electron chi connectivity index (χ1n) is 5.69. The highest BCUT2D eigenvalue weighted by atomic mass is 35.5. The second-order valence-corrected chi connectivity index (χ2v) is 4.53. The SMILES string of the molecule is O=C(Nc1cc([N+](=O)[O-])ccc1F)c1cc(F)c(F)cc1Cl. The normalized spacial score (nSPS) is 10.4. The lowest BCUT2D eigenvalue weighted by Crippen LogP contribution is -2.14. The van der Waals surface area contributed by atoms with Gasteiger partial charge in [0.05, 0.1) is 21.2 Å². The van der Waals surface area contributed by atoms with Gasteiger partial charge in [0.2, 0.25) is 0 Å². The summed E-state index contributed by atoms with van der Waals surface area (Å²) >= 11 is 5.61. The van der Waals surface area contributed by atoms with E-state index in [4.69, 9.17) is 11.6 Å². The van der Waals surface area contributed by atoms with E-state index >= 15 is 0 Å². The number of halogens is 4. The smallest absolute Gasteiger partial charge is 0.271 e. The summed E-state index contributed by atoms with van der Waals surface area (Å²) in [6.07, 6.45) is 0. The molecule has 0 aromatic heterocycles. The Labute approximate surface area is 126 Å². The standard InChI is InChI=1S/C13H6ClF3N2O3/c14-8-5-11(17)10(16)4-7(8)13(20)18-12-3-6(19(21)22)1-2-9(12)15/h1-5H,(H,18,20). The van der Waals surface area contributed by atoms with Crippen LogP contribution in [0.25, 0.3) is 0 Å². The Morgan fingerprint density at radius 2 is 1.73 bits per heavy atom. The molecule has 5 nitrogen and oxygen atoms in total. The lowest BCUT2D eigenvalue weighted by atomic mass is 10.2. The predicted molar refractivity (Wildman–Crippen MR) is 72.4 cm³/mol. The van der Waals surface area contributed by atoms with E-state index in [1.54, 1.807) is 0 Å². The van der Waals surface area contributed by atoms with Crippen molar-refractivity contribution >= 4 is 28.9 Å². The van der Waals surface area contributed by atoms with Crippen LogP contribution in [0.2, 0.25) is 5.02 Å². The summed E-state index contributed by atoms with van der Waals surface area (Å²) in [7, 11) is 0. The van der Waals surface area contributed by atoms with Crippen molar-refractivity contribution in [2.24, 2.45) is 0 Å². The van der Waals surface area contributed by atoms with Gasteiger partial charge in [-0.05, 0) is 18.2 Å². The second kappa shape index (κ2) is 6.02. The highest BCUT2D eigenvalue weighted by Crippen LogP contribution is 2.24. The molecular formula is C13H6ClF3N2O3. The fourth-order valence-corrected chi connectivity index (χ4v) is 1.85. The molecule has 2 rings (SSSR count). The van der Waals surface area contributed by atoms with Crippen LogP contribution in [0.4, 0.5) is 24.5 Å². The molecule has 0 unspecified atom stereocenters. The van der Waals surface area contributed by atoms with Crippen LogP contribution in [0.1, 0.15) is 10.4 Å². The Balaban J connectivity index is 2.35. The molecule has 0 saturated carbocycles. The van der Waals surface area contributed by atoms with Gasteiger partial charge in [-0.25, -0.2) is 13.2 Å². The van der Waals surface area contributed by atoms with Gasteiger partial charge in [0, 0.05) is 12.1 Å². The van der Waals surface area contributed by atoms with E-state index in [2.05, 4.69) is 0 Å². The zero-order valence-electron chi connectivity index (χ0n) is 10.6. The van der Waals surface area contributed by atoms with Crippen molar-refractivity contribution in [1.29, 1.82) is 0 Å². The fraction of sp³-hybridized carbons (Fsp3) is 0. The van der Waals surface area contributed by atoms with Crippen LogP contribution >= 0.6 is 11.6 Å². The van der Waals surface area contributed by atoms with Crippen LogP contribution in [0, 0.1) is 27.6 Å².